The van der Waals surface area contributed by atoms with Gasteiger partial charge in [-0.1, -0.05) is 33.1 Å². The molecule has 1 heterocycles. The third kappa shape index (κ3) is 2.77. The molecule has 0 amide bonds. The average molecular weight is 250 g/mol. The van der Waals surface area contributed by atoms with Crippen molar-refractivity contribution in [1.82, 2.24) is 9.78 Å². The molecular formula is C15H26N2O. The van der Waals surface area contributed by atoms with E-state index in [0.29, 0.717) is 5.92 Å². The van der Waals surface area contributed by atoms with Crippen molar-refractivity contribution in [2.75, 3.05) is 0 Å². The van der Waals surface area contributed by atoms with Crippen molar-refractivity contribution in [3.63, 3.8) is 0 Å². The molecule has 3 nitrogen and oxygen atoms in total. The summed E-state index contributed by atoms with van der Waals surface area (Å²) in [5.41, 5.74) is 2.07. The smallest absolute Gasteiger partial charge is 0.0984 e. The van der Waals surface area contributed by atoms with Gasteiger partial charge in [0.05, 0.1) is 17.5 Å². The van der Waals surface area contributed by atoms with Crippen LogP contribution in [0.15, 0.2) is 6.07 Å². The maximum Gasteiger partial charge on any atom is 0.0984 e. The van der Waals surface area contributed by atoms with Crippen LogP contribution in [-0.2, 0) is 13.5 Å². The molecule has 1 N–H and O–H groups in total. The van der Waals surface area contributed by atoms with Gasteiger partial charge in [0.2, 0.25) is 0 Å². The molecule has 3 heteroatoms. The molecule has 0 aromatic carbocycles. The van der Waals surface area contributed by atoms with Crippen molar-refractivity contribution in [2.45, 2.75) is 58.5 Å². The van der Waals surface area contributed by atoms with Crippen molar-refractivity contribution < 1.29 is 5.11 Å². The van der Waals surface area contributed by atoms with Gasteiger partial charge in [0.1, 0.15) is 0 Å². The molecule has 3 atom stereocenters. The number of aliphatic hydroxyl groups excluding tert-OH is 1. The molecule has 1 saturated carbocycles. The van der Waals surface area contributed by atoms with Gasteiger partial charge in [-0.25, -0.2) is 0 Å². The standard InChI is InChI=1S/C15H26N2O/c1-4-11-7-6-8-12(9-11)15(18)14-10-13(5-2)16-17(14)3/h10-12,15,18H,4-9H2,1-3H3. The van der Waals surface area contributed by atoms with Gasteiger partial charge in [-0.3, -0.25) is 4.68 Å². The average Bonchev–Trinajstić information content (AvgIpc) is 2.79. The minimum atomic E-state index is -0.336. The summed E-state index contributed by atoms with van der Waals surface area (Å²) in [4.78, 5) is 0. The van der Waals surface area contributed by atoms with Crippen LogP contribution in [0.4, 0.5) is 0 Å². The maximum absolute atomic E-state index is 10.6. The van der Waals surface area contributed by atoms with Crippen molar-refractivity contribution in [2.24, 2.45) is 18.9 Å². The summed E-state index contributed by atoms with van der Waals surface area (Å²) >= 11 is 0. The zero-order chi connectivity index (χ0) is 13.1. The number of aryl methyl sites for hydroxylation is 2. The first-order valence-electron chi connectivity index (χ1n) is 7.36. The lowest BCUT2D eigenvalue weighted by atomic mass is 9.77. The van der Waals surface area contributed by atoms with Crippen molar-refractivity contribution in [3.8, 4) is 0 Å². The lowest BCUT2D eigenvalue weighted by Gasteiger charge is -2.31. The van der Waals surface area contributed by atoms with Gasteiger partial charge < -0.3 is 5.11 Å². The molecule has 1 aliphatic carbocycles. The summed E-state index contributed by atoms with van der Waals surface area (Å²) in [6.45, 7) is 4.37. The van der Waals surface area contributed by atoms with Crippen molar-refractivity contribution >= 4 is 0 Å². The van der Waals surface area contributed by atoms with Crippen molar-refractivity contribution in [3.05, 3.63) is 17.5 Å². The number of hydrogen-bond acceptors (Lipinski definition) is 2. The maximum atomic E-state index is 10.6. The Labute approximate surface area is 110 Å². The highest BCUT2D eigenvalue weighted by molar-refractivity contribution is 5.13. The molecule has 102 valence electrons. The second-order valence-corrected chi connectivity index (χ2v) is 5.68. The van der Waals surface area contributed by atoms with Crippen LogP contribution in [0.5, 0.6) is 0 Å². The van der Waals surface area contributed by atoms with Crippen LogP contribution in [0.3, 0.4) is 0 Å². The molecule has 1 aromatic rings. The highest BCUT2D eigenvalue weighted by Crippen LogP contribution is 2.38. The first-order chi connectivity index (χ1) is 8.65. The number of aliphatic hydroxyl groups is 1. The van der Waals surface area contributed by atoms with Crippen LogP contribution in [0.1, 0.15) is 63.4 Å². The molecule has 1 aromatic heterocycles. The van der Waals surface area contributed by atoms with Crippen LogP contribution in [0, 0.1) is 11.8 Å². The minimum absolute atomic E-state index is 0.336. The van der Waals surface area contributed by atoms with E-state index in [1.807, 2.05) is 11.7 Å². The molecule has 1 fully saturated rings. The Bertz CT molecular complexity index is 386. The third-order valence-corrected chi connectivity index (χ3v) is 4.48. The van der Waals surface area contributed by atoms with Gasteiger partial charge in [0, 0.05) is 7.05 Å². The Morgan fingerprint density at radius 1 is 1.44 bits per heavy atom. The molecule has 1 aliphatic rings. The summed E-state index contributed by atoms with van der Waals surface area (Å²) < 4.78 is 1.86. The first-order valence-corrected chi connectivity index (χ1v) is 7.36. The topological polar surface area (TPSA) is 38.0 Å². The molecule has 0 aliphatic heterocycles. The Morgan fingerprint density at radius 2 is 2.22 bits per heavy atom. The van der Waals surface area contributed by atoms with E-state index in [4.69, 9.17) is 0 Å². The molecular weight excluding hydrogens is 224 g/mol. The predicted octanol–water partition coefficient (Wildman–Crippen LogP) is 3.23. The fourth-order valence-electron chi connectivity index (χ4n) is 3.22. The van der Waals surface area contributed by atoms with E-state index in [1.165, 1.54) is 25.7 Å². The quantitative estimate of drug-likeness (QED) is 0.891. The molecule has 0 bridgehead atoms. The zero-order valence-electron chi connectivity index (χ0n) is 11.9. The van der Waals surface area contributed by atoms with Crippen LogP contribution in [0.25, 0.3) is 0 Å². The molecule has 18 heavy (non-hydrogen) atoms. The van der Waals surface area contributed by atoms with Gasteiger partial charge in [0.15, 0.2) is 0 Å². The second-order valence-electron chi connectivity index (χ2n) is 5.68. The van der Waals surface area contributed by atoms with Gasteiger partial charge in [-0.15, -0.1) is 0 Å². The zero-order valence-corrected chi connectivity index (χ0v) is 11.9. The van der Waals surface area contributed by atoms with Crippen LogP contribution < -0.4 is 0 Å². The lowest BCUT2D eigenvalue weighted by molar-refractivity contribution is 0.0615. The van der Waals surface area contributed by atoms with E-state index < -0.39 is 0 Å². The monoisotopic (exact) mass is 250 g/mol. The predicted molar refractivity (Wildman–Crippen MR) is 73.3 cm³/mol. The third-order valence-electron chi connectivity index (χ3n) is 4.48. The number of hydrogen-bond donors (Lipinski definition) is 1. The Kier molecular flexibility index (Phi) is 4.44. The summed E-state index contributed by atoms with van der Waals surface area (Å²) in [6.07, 6.45) is 6.77. The summed E-state index contributed by atoms with van der Waals surface area (Å²) in [7, 11) is 1.94. The SMILES string of the molecule is CCc1cc(C(O)C2CCCC(CC)C2)n(C)n1. The Hall–Kier alpha value is -0.830. The molecule has 3 unspecified atom stereocenters. The van der Waals surface area contributed by atoms with E-state index in [0.717, 1.165) is 30.1 Å². The van der Waals surface area contributed by atoms with E-state index in [9.17, 15) is 5.11 Å². The van der Waals surface area contributed by atoms with Gasteiger partial charge >= 0.3 is 0 Å². The highest BCUT2D eigenvalue weighted by Gasteiger charge is 2.29. The molecule has 0 radical (unpaired) electrons. The van der Waals surface area contributed by atoms with Crippen molar-refractivity contribution in [1.29, 1.82) is 0 Å². The minimum Gasteiger partial charge on any atom is -0.387 e. The molecule has 2 rings (SSSR count). The Morgan fingerprint density at radius 3 is 2.83 bits per heavy atom. The summed E-state index contributed by atoms with van der Waals surface area (Å²) in [5.74, 6) is 1.22. The van der Waals surface area contributed by atoms with E-state index in [2.05, 4.69) is 25.0 Å². The van der Waals surface area contributed by atoms with E-state index in [-0.39, 0.29) is 6.10 Å². The van der Waals surface area contributed by atoms with E-state index in [1.54, 1.807) is 0 Å². The normalized spacial score (nSPS) is 26.2. The van der Waals surface area contributed by atoms with Gasteiger partial charge in [-0.2, -0.15) is 5.10 Å². The number of rotatable bonds is 4. The largest absolute Gasteiger partial charge is 0.387 e. The van der Waals surface area contributed by atoms with Crippen LogP contribution in [-0.4, -0.2) is 14.9 Å². The van der Waals surface area contributed by atoms with Crippen LogP contribution >= 0.6 is 0 Å². The summed E-state index contributed by atoms with van der Waals surface area (Å²) in [6, 6.07) is 2.07. The molecule has 0 saturated heterocycles. The van der Waals surface area contributed by atoms with Gasteiger partial charge in [-0.05, 0) is 37.2 Å². The van der Waals surface area contributed by atoms with Gasteiger partial charge in [0.25, 0.3) is 0 Å². The first kappa shape index (κ1) is 13.6. The Balaban J connectivity index is 2.09. The highest BCUT2D eigenvalue weighted by atomic mass is 16.3. The fourth-order valence-corrected chi connectivity index (χ4v) is 3.22. The lowest BCUT2D eigenvalue weighted by Crippen LogP contribution is -2.22. The second kappa shape index (κ2) is 5.87. The van der Waals surface area contributed by atoms with Crippen LogP contribution in [0.2, 0.25) is 0 Å². The van der Waals surface area contributed by atoms with E-state index >= 15 is 0 Å². The number of nitrogens with zero attached hydrogens (tertiary/aromatic N) is 2. The number of aromatic nitrogens is 2. The fraction of sp³-hybridized carbons (Fsp3) is 0.800. The molecule has 0 spiro atoms. The summed E-state index contributed by atoms with van der Waals surface area (Å²) in [5, 5.41) is 15.0.